The number of carbonyl (C=O) groups excluding carboxylic acids is 1. The van der Waals surface area contributed by atoms with Crippen LogP contribution < -0.4 is 0 Å². The highest BCUT2D eigenvalue weighted by atomic mass is 32.1. The van der Waals surface area contributed by atoms with Gasteiger partial charge in [0.1, 0.15) is 0 Å². The number of thiazole rings is 1. The van der Waals surface area contributed by atoms with Crippen LogP contribution in [0, 0.1) is 0 Å². The maximum absolute atomic E-state index is 12.6. The Hall–Kier alpha value is -2.19. The van der Waals surface area contributed by atoms with E-state index >= 15 is 0 Å². The zero-order valence-electron chi connectivity index (χ0n) is 12.6. The molecule has 0 aromatic carbocycles. The van der Waals surface area contributed by atoms with E-state index in [1.165, 1.54) is 0 Å². The smallest absolute Gasteiger partial charge is 0.229 e. The summed E-state index contributed by atoms with van der Waals surface area (Å²) in [5.41, 5.74) is 2.44. The topological polar surface area (TPSA) is 75.7 Å². The van der Waals surface area contributed by atoms with Crippen molar-refractivity contribution in [3.63, 3.8) is 0 Å². The number of aryl methyl sites for hydroxylation is 1. The Morgan fingerprint density at radius 3 is 3.09 bits per heavy atom. The molecule has 1 amide bonds. The van der Waals surface area contributed by atoms with Crippen LogP contribution in [0.3, 0.4) is 0 Å². The number of carbonyl (C=O) groups is 1. The Morgan fingerprint density at radius 1 is 1.35 bits per heavy atom. The van der Waals surface area contributed by atoms with Crippen LogP contribution in [0.1, 0.15) is 23.5 Å². The monoisotopic (exact) mass is 331 g/mol. The van der Waals surface area contributed by atoms with E-state index in [4.69, 9.17) is 0 Å². The van der Waals surface area contributed by atoms with Crippen LogP contribution in [0.5, 0.6) is 0 Å². The lowest BCUT2D eigenvalue weighted by Crippen LogP contribution is -2.32. The third kappa shape index (κ3) is 2.75. The maximum Gasteiger partial charge on any atom is 0.229 e. The first-order valence-corrected chi connectivity index (χ1v) is 8.46. The van der Waals surface area contributed by atoms with Crippen LogP contribution in [-0.2, 0) is 30.9 Å². The largest absolute Gasteiger partial charge is 0.390 e. The Morgan fingerprint density at radius 2 is 2.26 bits per heavy atom. The van der Waals surface area contributed by atoms with Crippen molar-refractivity contribution < 1.29 is 9.90 Å². The summed E-state index contributed by atoms with van der Waals surface area (Å²) in [5, 5.41) is 15.5. The number of aliphatic hydroxyl groups is 1. The SMILES string of the molecule is O=C(Cc1cn2ccsc2n1)N1CCCn2nc(CO)cc2C1. The van der Waals surface area contributed by atoms with Gasteiger partial charge in [-0.1, -0.05) is 0 Å². The molecule has 0 unspecified atom stereocenters. The van der Waals surface area contributed by atoms with E-state index in [0.29, 0.717) is 18.7 Å². The Labute approximate surface area is 136 Å². The highest BCUT2D eigenvalue weighted by molar-refractivity contribution is 7.15. The van der Waals surface area contributed by atoms with Gasteiger partial charge in [0.25, 0.3) is 0 Å². The van der Waals surface area contributed by atoms with Gasteiger partial charge in [0.2, 0.25) is 5.91 Å². The van der Waals surface area contributed by atoms with Crippen molar-refractivity contribution in [2.45, 2.75) is 32.5 Å². The molecule has 4 rings (SSSR count). The first kappa shape index (κ1) is 14.4. The predicted molar refractivity (Wildman–Crippen MR) is 85.0 cm³/mol. The minimum Gasteiger partial charge on any atom is -0.390 e. The second-order valence-corrected chi connectivity index (χ2v) is 6.55. The molecule has 3 aromatic rings. The van der Waals surface area contributed by atoms with E-state index in [2.05, 4.69) is 10.1 Å². The van der Waals surface area contributed by atoms with Crippen molar-refractivity contribution in [2.24, 2.45) is 0 Å². The summed E-state index contributed by atoms with van der Waals surface area (Å²) in [7, 11) is 0. The van der Waals surface area contributed by atoms with Crippen molar-refractivity contribution in [1.29, 1.82) is 0 Å². The number of hydrogen-bond acceptors (Lipinski definition) is 5. The van der Waals surface area contributed by atoms with Crippen molar-refractivity contribution in [2.75, 3.05) is 6.54 Å². The number of aliphatic hydroxyl groups excluding tert-OH is 1. The van der Waals surface area contributed by atoms with Crippen LogP contribution in [-0.4, -0.2) is 41.6 Å². The zero-order valence-corrected chi connectivity index (χ0v) is 13.4. The summed E-state index contributed by atoms with van der Waals surface area (Å²) in [6.45, 7) is 1.96. The molecular formula is C15H17N5O2S. The van der Waals surface area contributed by atoms with E-state index in [-0.39, 0.29) is 12.5 Å². The molecule has 4 heterocycles. The average Bonchev–Trinajstić information content (AvgIpc) is 3.18. The van der Waals surface area contributed by atoms with Gasteiger partial charge in [-0.2, -0.15) is 5.10 Å². The molecule has 8 heteroatoms. The zero-order chi connectivity index (χ0) is 15.8. The number of fused-ring (bicyclic) bond motifs is 2. The molecule has 120 valence electrons. The Kier molecular flexibility index (Phi) is 3.62. The highest BCUT2D eigenvalue weighted by Gasteiger charge is 2.21. The molecule has 0 bridgehead atoms. The molecule has 0 saturated heterocycles. The molecule has 0 fully saturated rings. The Balaban J connectivity index is 1.50. The van der Waals surface area contributed by atoms with Gasteiger partial charge in [0.15, 0.2) is 4.96 Å². The summed E-state index contributed by atoms with van der Waals surface area (Å²) >= 11 is 1.56. The van der Waals surface area contributed by atoms with Crippen LogP contribution in [0.15, 0.2) is 23.8 Å². The Bertz CT molecular complexity index is 821. The minimum absolute atomic E-state index is 0.0701. The van der Waals surface area contributed by atoms with Gasteiger partial charge >= 0.3 is 0 Å². The lowest BCUT2D eigenvalue weighted by Gasteiger charge is -2.19. The van der Waals surface area contributed by atoms with Crippen molar-refractivity contribution in [3.05, 3.63) is 40.9 Å². The summed E-state index contributed by atoms with van der Waals surface area (Å²) in [6, 6.07) is 1.87. The molecule has 0 aliphatic carbocycles. The van der Waals surface area contributed by atoms with Gasteiger partial charge < -0.3 is 10.0 Å². The van der Waals surface area contributed by atoms with Gasteiger partial charge in [-0.3, -0.25) is 13.9 Å². The molecule has 7 nitrogen and oxygen atoms in total. The molecule has 0 spiro atoms. The summed E-state index contributed by atoms with van der Waals surface area (Å²) in [6.07, 6.45) is 5.04. The van der Waals surface area contributed by atoms with Gasteiger partial charge in [-0.15, -0.1) is 11.3 Å². The molecule has 3 aromatic heterocycles. The van der Waals surface area contributed by atoms with Gasteiger partial charge in [-0.05, 0) is 12.5 Å². The number of nitrogens with zero attached hydrogens (tertiary/aromatic N) is 5. The second-order valence-electron chi connectivity index (χ2n) is 5.68. The van der Waals surface area contributed by atoms with Crippen LogP contribution in [0.25, 0.3) is 4.96 Å². The average molecular weight is 331 g/mol. The van der Waals surface area contributed by atoms with E-state index in [9.17, 15) is 9.90 Å². The fourth-order valence-electron chi connectivity index (χ4n) is 2.94. The molecule has 1 aliphatic rings. The number of imidazole rings is 1. The molecule has 0 saturated carbocycles. The van der Waals surface area contributed by atoms with E-state index in [0.717, 1.165) is 35.9 Å². The lowest BCUT2D eigenvalue weighted by atomic mass is 10.2. The van der Waals surface area contributed by atoms with Crippen LogP contribution in [0.2, 0.25) is 0 Å². The van der Waals surface area contributed by atoms with E-state index in [1.54, 1.807) is 11.3 Å². The number of amides is 1. The van der Waals surface area contributed by atoms with E-state index in [1.807, 2.05) is 37.8 Å². The molecule has 1 aliphatic heterocycles. The molecule has 1 N–H and O–H groups in total. The first-order valence-electron chi connectivity index (χ1n) is 7.58. The molecule has 0 radical (unpaired) electrons. The second kappa shape index (κ2) is 5.78. The van der Waals surface area contributed by atoms with Crippen molar-refractivity contribution in [3.8, 4) is 0 Å². The highest BCUT2D eigenvalue weighted by Crippen LogP contribution is 2.16. The van der Waals surface area contributed by atoms with Gasteiger partial charge in [0.05, 0.1) is 36.7 Å². The third-order valence-corrected chi connectivity index (χ3v) is 4.83. The standard InChI is InChI=1S/C15H17N5O2S/c21-10-12-6-13-9-18(2-1-3-20(13)17-12)14(22)7-11-8-19-4-5-23-15(19)16-11/h4-6,8,21H,1-3,7,9-10H2. The molecule has 23 heavy (non-hydrogen) atoms. The number of hydrogen-bond donors (Lipinski definition) is 1. The lowest BCUT2D eigenvalue weighted by molar-refractivity contribution is -0.131. The quantitative estimate of drug-likeness (QED) is 0.779. The number of rotatable bonds is 3. The van der Waals surface area contributed by atoms with Crippen molar-refractivity contribution in [1.82, 2.24) is 24.1 Å². The summed E-state index contributed by atoms with van der Waals surface area (Å²) in [5.74, 6) is 0.0796. The molecule has 0 atom stereocenters. The summed E-state index contributed by atoms with van der Waals surface area (Å²) < 4.78 is 3.84. The molecular weight excluding hydrogens is 314 g/mol. The van der Waals surface area contributed by atoms with E-state index < -0.39 is 0 Å². The number of aromatic nitrogens is 4. The van der Waals surface area contributed by atoms with Gasteiger partial charge in [0, 0.05) is 30.9 Å². The fourth-order valence-corrected chi connectivity index (χ4v) is 3.66. The first-order chi connectivity index (χ1) is 11.2. The third-order valence-electron chi connectivity index (χ3n) is 4.05. The summed E-state index contributed by atoms with van der Waals surface area (Å²) in [4.78, 5) is 19.8. The van der Waals surface area contributed by atoms with Crippen LogP contribution >= 0.6 is 11.3 Å². The predicted octanol–water partition coefficient (Wildman–Crippen LogP) is 1.06. The van der Waals surface area contributed by atoms with Crippen LogP contribution in [0.4, 0.5) is 0 Å². The fraction of sp³-hybridized carbons (Fsp3) is 0.400. The normalized spacial score (nSPS) is 14.9. The van der Waals surface area contributed by atoms with Crippen molar-refractivity contribution >= 4 is 22.2 Å². The minimum atomic E-state index is -0.0701. The maximum atomic E-state index is 12.6. The van der Waals surface area contributed by atoms with Gasteiger partial charge in [-0.25, -0.2) is 4.98 Å².